The van der Waals surface area contributed by atoms with Gasteiger partial charge in [-0.3, -0.25) is 4.79 Å². The van der Waals surface area contributed by atoms with Gasteiger partial charge in [0.15, 0.2) is 0 Å². The summed E-state index contributed by atoms with van der Waals surface area (Å²) in [5, 5.41) is 8.89. The van der Waals surface area contributed by atoms with Crippen LogP contribution in [0.5, 0.6) is 0 Å². The van der Waals surface area contributed by atoms with Crippen LogP contribution in [0.15, 0.2) is 22.0 Å². The fourth-order valence-electron chi connectivity index (χ4n) is 1.24. The fourth-order valence-corrected chi connectivity index (χ4v) is 2.85. The lowest BCUT2D eigenvalue weighted by molar-refractivity contribution is 0.227. The Kier molecular flexibility index (Phi) is 4.92. The minimum Gasteiger partial charge on any atom is -0.395 e. The van der Waals surface area contributed by atoms with Crippen LogP contribution in [-0.4, -0.2) is 31.2 Å². The number of pyridine rings is 1. The Bertz CT molecular complexity index is 567. The molecule has 0 fully saturated rings. The summed E-state index contributed by atoms with van der Waals surface area (Å²) in [5.41, 5.74) is -0.557. The summed E-state index contributed by atoms with van der Waals surface area (Å²) in [6.45, 7) is 3.25. The molecule has 1 aromatic rings. The van der Waals surface area contributed by atoms with E-state index in [1.165, 1.54) is 0 Å². The van der Waals surface area contributed by atoms with Gasteiger partial charge in [-0.25, -0.2) is 13.1 Å². The number of hydrogen-bond donors (Lipinski definition) is 3. The lowest BCUT2D eigenvalue weighted by atomic mass is 10.1. The molecule has 1 heterocycles. The zero-order chi connectivity index (χ0) is 13.9. The Morgan fingerprint density at radius 1 is 1.50 bits per heavy atom. The topological polar surface area (TPSA) is 99.3 Å². The van der Waals surface area contributed by atoms with Crippen molar-refractivity contribution in [2.45, 2.75) is 24.8 Å². The Balaban J connectivity index is 3.06. The van der Waals surface area contributed by atoms with Gasteiger partial charge in [0.1, 0.15) is 5.02 Å². The maximum Gasteiger partial charge on any atom is 0.266 e. The molecule has 0 saturated carbocycles. The highest BCUT2D eigenvalue weighted by Crippen LogP contribution is 2.12. The summed E-state index contributed by atoms with van der Waals surface area (Å²) in [6, 6.07) is 0.470. The van der Waals surface area contributed by atoms with Gasteiger partial charge in [-0.15, -0.1) is 0 Å². The largest absolute Gasteiger partial charge is 0.395 e. The lowest BCUT2D eigenvalue weighted by Gasteiger charge is -2.19. The third-order valence-electron chi connectivity index (χ3n) is 2.45. The first-order valence-electron chi connectivity index (χ1n) is 5.29. The highest BCUT2D eigenvalue weighted by molar-refractivity contribution is 7.89. The number of halogens is 1. The van der Waals surface area contributed by atoms with Crippen LogP contribution in [0.2, 0.25) is 5.02 Å². The van der Waals surface area contributed by atoms with E-state index in [1.54, 1.807) is 13.8 Å². The predicted octanol–water partition coefficient (Wildman–Crippen LogP) is 0.323. The van der Waals surface area contributed by atoms with E-state index in [0.29, 0.717) is 0 Å². The highest BCUT2D eigenvalue weighted by Gasteiger charge is 2.22. The maximum absolute atomic E-state index is 12.0. The van der Waals surface area contributed by atoms with Crippen molar-refractivity contribution in [1.82, 2.24) is 9.71 Å². The van der Waals surface area contributed by atoms with E-state index in [9.17, 15) is 13.2 Å². The van der Waals surface area contributed by atoms with Crippen LogP contribution in [0.4, 0.5) is 0 Å². The number of aliphatic hydroxyl groups excluding tert-OH is 1. The molecule has 0 amide bonds. The highest BCUT2D eigenvalue weighted by atomic mass is 35.5. The van der Waals surface area contributed by atoms with Crippen molar-refractivity contribution in [3.8, 4) is 0 Å². The number of aromatic amines is 1. The molecule has 6 nitrogen and oxygen atoms in total. The van der Waals surface area contributed by atoms with Gasteiger partial charge < -0.3 is 10.1 Å². The molecule has 0 radical (unpaired) electrons. The molecule has 3 N–H and O–H groups in total. The van der Waals surface area contributed by atoms with Crippen molar-refractivity contribution in [2.24, 2.45) is 5.92 Å². The molecule has 1 aromatic heterocycles. The van der Waals surface area contributed by atoms with Gasteiger partial charge in [-0.1, -0.05) is 25.4 Å². The lowest BCUT2D eigenvalue weighted by Crippen LogP contribution is -2.41. The molecule has 0 aliphatic heterocycles. The molecule has 0 aromatic carbocycles. The summed E-state index contributed by atoms with van der Waals surface area (Å²) in [4.78, 5) is 13.1. The molecule has 1 rings (SSSR count). The first-order chi connectivity index (χ1) is 8.27. The molecule has 102 valence electrons. The van der Waals surface area contributed by atoms with Crippen molar-refractivity contribution in [1.29, 1.82) is 0 Å². The monoisotopic (exact) mass is 294 g/mol. The van der Waals surface area contributed by atoms with Crippen molar-refractivity contribution >= 4 is 21.6 Å². The minimum absolute atomic E-state index is 0.0667. The number of aliphatic hydroxyl groups is 1. The SMILES string of the molecule is CC(C)[C@@H](CO)NS(=O)(=O)c1c[nH]c(=O)c(Cl)c1. The maximum atomic E-state index is 12.0. The summed E-state index contributed by atoms with van der Waals surface area (Å²) in [6.07, 6.45) is 1.06. The molecule has 0 saturated heterocycles. The van der Waals surface area contributed by atoms with E-state index in [-0.39, 0.29) is 22.4 Å². The van der Waals surface area contributed by atoms with Crippen molar-refractivity contribution in [3.63, 3.8) is 0 Å². The van der Waals surface area contributed by atoms with Gasteiger partial charge in [-0.05, 0) is 12.0 Å². The Labute approximate surface area is 110 Å². The fraction of sp³-hybridized carbons (Fsp3) is 0.500. The van der Waals surface area contributed by atoms with Gasteiger partial charge in [0, 0.05) is 12.2 Å². The third kappa shape index (κ3) is 3.55. The van der Waals surface area contributed by atoms with Gasteiger partial charge in [0.25, 0.3) is 5.56 Å². The van der Waals surface area contributed by atoms with E-state index in [4.69, 9.17) is 16.7 Å². The summed E-state index contributed by atoms with van der Waals surface area (Å²) >= 11 is 5.57. The molecule has 0 aliphatic rings. The summed E-state index contributed by atoms with van der Waals surface area (Å²) < 4.78 is 26.3. The average Bonchev–Trinajstić information content (AvgIpc) is 2.29. The molecule has 8 heteroatoms. The third-order valence-corrected chi connectivity index (χ3v) is 4.20. The standard InChI is InChI=1S/C10H15ClN2O4S/c1-6(2)9(5-14)13-18(16,17)7-3-8(11)10(15)12-4-7/h3-4,6,9,13-14H,5H2,1-2H3,(H,12,15)/t9-/m1/s1. The van der Waals surface area contributed by atoms with Crippen molar-refractivity contribution in [2.75, 3.05) is 6.61 Å². The number of hydrogen-bond acceptors (Lipinski definition) is 4. The van der Waals surface area contributed by atoms with Crippen LogP contribution in [0, 0.1) is 5.92 Å². The van der Waals surface area contributed by atoms with Crippen LogP contribution in [-0.2, 0) is 10.0 Å². The molecule has 0 unspecified atom stereocenters. The Morgan fingerprint density at radius 3 is 2.56 bits per heavy atom. The number of H-pyrrole nitrogens is 1. The predicted molar refractivity (Wildman–Crippen MR) is 68.1 cm³/mol. The molecule has 18 heavy (non-hydrogen) atoms. The van der Waals surface area contributed by atoms with Gasteiger partial charge in [0.05, 0.1) is 11.5 Å². The molecular formula is C10H15ClN2O4S. The molecular weight excluding hydrogens is 280 g/mol. The molecule has 0 bridgehead atoms. The molecule has 0 aliphatic carbocycles. The van der Waals surface area contributed by atoms with Gasteiger partial charge in [0.2, 0.25) is 10.0 Å². The number of nitrogens with one attached hydrogen (secondary N) is 2. The molecule has 0 spiro atoms. The van der Waals surface area contributed by atoms with E-state index >= 15 is 0 Å². The van der Waals surface area contributed by atoms with Gasteiger partial charge >= 0.3 is 0 Å². The minimum atomic E-state index is -3.82. The number of rotatable bonds is 5. The second-order valence-corrected chi connectivity index (χ2v) is 6.29. The average molecular weight is 295 g/mol. The quantitative estimate of drug-likeness (QED) is 0.728. The van der Waals surface area contributed by atoms with Crippen LogP contribution < -0.4 is 10.3 Å². The zero-order valence-electron chi connectivity index (χ0n) is 9.97. The summed E-state index contributed by atoms with van der Waals surface area (Å²) in [5.74, 6) is -0.0667. The summed E-state index contributed by atoms with van der Waals surface area (Å²) in [7, 11) is -3.82. The smallest absolute Gasteiger partial charge is 0.266 e. The number of sulfonamides is 1. The second-order valence-electron chi connectivity index (χ2n) is 4.17. The van der Waals surface area contributed by atoms with Crippen LogP contribution in [0.1, 0.15) is 13.8 Å². The van der Waals surface area contributed by atoms with E-state index in [0.717, 1.165) is 12.3 Å². The molecule has 1 atom stereocenters. The van der Waals surface area contributed by atoms with E-state index in [2.05, 4.69) is 9.71 Å². The first kappa shape index (κ1) is 15.2. The normalized spacial score (nSPS) is 13.8. The van der Waals surface area contributed by atoms with Gasteiger partial charge in [-0.2, -0.15) is 0 Å². The Hall–Kier alpha value is -0.890. The second kappa shape index (κ2) is 5.83. The van der Waals surface area contributed by atoms with E-state index < -0.39 is 21.6 Å². The van der Waals surface area contributed by atoms with Crippen LogP contribution in [0.25, 0.3) is 0 Å². The van der Waals surface area contributed by atoms with Crippen LogP contribution in [0.3, 0.4) is 0 Å². The van der Waals surface area contributed by atoms with E-state index in [1.807, 2.05) is 0 Å². The Morgan fingerprint density at radius 2 is 2.11 bits per heavy atom. The zero-order valence-corrected chi connectivity index (χ0v) is 11.5. The number of aromatic nitrogens is 1. The van der Waals surface area contributed by atoms with Crippen molar-refractivity contribution < 1.29 is 13.5 Å². The van der Waals surface area contributed by atoms with Crippen LogP contribution >= 0.6 is 11.6 Å². The first-order valence-corrected chi connectivity index (χ1v) is 7.15. The van der Waals surface area contributed by atoms with Crippen molar-refractivity contribution in [3.05, 3.63) is 27.6 Å².